The van der Waals surface area contributed by atoms with E-state index in [-0.39, 0.29) is 17.4 Å². The maximum absolute atomic E-state index is 12.9. The van der Waals surface area contributed by atoms with E-state index in [1.165, 1.54) is 28.5 Å². The number of hydrogen-bond donors (Lipinski definition) is 3. The molecular weight excluding hydrogens is 440 g/mol. The number of H-pyrrole nitrogens is 1. The Labute approximate surface area is 190 Å². The number of carbonyl (C=O) groups excluding carboxylic acids is 2. The van der Waals surface area contributed by atoms with Gasteiger partial charge >= 0.3 is 0 Å². The molecule has 3 heterocycles. The van der Waals surface area contributed by atoms with Gasteiger partial charge in [0.1, 0.15) is 5.39 Å². The van der Waals surface area contributed by atoms with E-state index in [0.29, 0.717) is 38.5 Å². The minimum absolute atomic E-state index is 0.199. The Bertz CT molecular complexity index is 1520. The summed E-state index contributed by atoms with van der Waals surface area (Å²) < 4.78 is 1.50. The van der Waals surface area contributed by atoms with E-state index in [1.54, 1.807) is 54.6 Å². The van der Waals surface area contributed by atoms with E-state index in [0.717, 1.165) is 0 Å². The molecule has 0 unspecified atom stereocenters. The van der Waals surface area contributed by atoms with Crippen molar-refractivity contribution in [3.8, 4) is 5.69 Å². The number of rotatable bonds is 5. The van der Waals surface area contributed by atoms with Gasteiger partial charge in [0, 0.05) is 11.3 Å². The van der Waals surface area contributed by atoms with E-state index < -0.39 is 0 Å². The molecule has 5 rings (SSSR count). The number of hydrogen-bond acceptors (Lipinski definition) is 6. The van der Waals surface area contributed by atoms with Crippen LogP contribution in [0.4, 0.5) is 11.4 Å². The van der Waals surface area contributed by atoms with Crippen LogP contribution in [0.3, 0.4) is 0 Å². The first-order valence-corrected chi connectivity index (χ1v) is 10.8. The number of nitrogens with zero attached hydrogens (tertiary/aromatic N) is 3. The molecule has 0 aliphatic rings. The van der Waals surface area contributed by atoms with Crippen LogP contribution >= 0.6 is 11.3 Å². The first kappa shape index (κ1) is 20.3. The van der Waals surface area contributed by atoms with Gasteiger partial charge in [-0.25, -0.2) is 9.67 Å². The molecule has 162 valence electrons. The number of carbonyl (C=O) groups is 2. The zero-order valence-electron chi connectivity index (χ0n) is 17.0. The monoisotopic (exact) mass is 456 g/mol. The van der Waals surface area contributed by atoms with Crippen molar-refractivity contribution in [3.05, 3.63) is 99.4 Å². The number of anilines is 2. The standard InChI is InChI=1S/C23H16N6O3S/c30-21(14-7-9-15(10-8-14)27-23(32)19-6-3-11-33-19)28-17-4-1-2-5-18(17)29-20-16(12-26-29)22(31)25-13-24-20/h1-13H,(H,27,32)(H,28,30)(H,24,25,31). The van der Waals surface area contributed by atoms with Crippen molar-refractivity contribution in [1.82, 2.24) is 19.7 Å². The van der Waals surface area contributed by atoms with E-state index in [4.69, 9.17) is 0 Å². The summed E-state index contributed by atoms with van der Waals surface area (Å²) in [5, 5.41) is 12.1. The van der Waals surface area contributed by atoms with Gasteiger partial charge in [-0.2, -0.15) is 5.10 Å². The molecule has 0 saturated carbocycles. The molecule has 0 aliphatic heterocycles. The quantitative estimate of drug-likeness (QED) is 0.372. The van der Waals surface area contributed by atoms with Gasteiger partial charge in [0.05, 0.1) is 28.8 Å². The summed E-state index contributed by atoms with van der Waals surface area (Å²) in [5.74, 6) is -0.532. The van der Waals surface area contributed by atoms with Gasteiger partial charge in [-0.3, -0.25) is 14.4 Å². The minimum Gasteiger partial charge on any atom is -0.321 e. The van der Waals surface area contributed by atoms with Gasteiger partial charge < -0.3 is 15.6 Å². The second kappa shape index (κ2) is 8.52. The molecule has 0 atom stereocenters. The van der Waals surface area contributed by atoms with Crippen molar-refractivity contribution in [2.45, 2.75) is 0 Å². The SMILES string of the molecule is O=C(Nc1ccccc1-n1ncc2c(=O)[nH]cnc21)c1ccc(NC(=O)c2cccs2)cc1. The number of para-hydroxylation sites is 2. The summed E-state index contributed by atoms with van der Waals surface area (Å²) in [6, 6.07) is 17.3. The fourth-order valence-electron chi connectivity index (χ4n) is 3.30. The zero-order valence-corrected chi connectivity index (χ0v) is 17.8. The number of thiophene rings is 1. The molecule has 0 radical (unpaired) electrons. The van der Waals surface area contributed by atoms with Crippen LogP contribution in [0.2, 0.25) is 0 Å². The zero-order chi connectivity index (χ0) is 22.8. The van der Waals surface area contributed by atoms with Crippen LogP contribution in [0.1, 0.15) is 20.0 Å². The number of amides is 2. The molecule has 0 bridgehead atoms. The Morgan fingerprint density at radius 3 is 2.55 bits per heavy atom. The average molecular weight is 456 g/mol. The third-order valence-electron chi connectivity index (χ3n) is 4.90. The fraction of sp³-hybridized carbons (Fsp3) is 0. The van der Waals surface area contributed by atoms with Crippen LogP contribution in [-0.4, -0.2) is 31.6 Å². The largest absolute Gasteiger partial charge is 0.321 e. The Hall–Kier alpha value is -4.57. The maximum Gasteiger partial charge on any atom is 0.265 e. The molecule has 9 nitrogen and oxygen atoms in total. The lowest BCUT2D eigenvalue weighted by Gasteiger charge is -2.12. The number of aromatic nitrogens is 4. The normalized spacial score (nSPS) is 10.8. The molecular formula is C23H16N6O3S. The fourth-order valence-corrected chi connectivity index (χ4v) is 3.92. The van der Waals surface area contributed by atoms with Crippen molar-refractivity contribution in [2.75, 3.05) is 10.6 Å². The van der Waals surface area contributed by atoms with Gasteiger partial charge in [-0.1, -0.05) is 18.2 Å². The maximum atomic E-state index is 12.9. The van der Waals surface area contributed by atoms with E-state index in [2.05, 4.69) is 25.7 Å². The smallest absolute Gasteiger partial charge is 0.265 e. The lowest BCUT2D eigenvalue weighted by Crippen LogP contribution is -2.15. The number of aromatic amines is 1. The van der Waals surface area contributed by atoms with Crippen molar-refractivity contribution < 1.29 is 9.59 Å². The lowest BCUT2D eigenvalue weighted by molar-refractivity contribution is 0.102. The van der Waals surface area contributed by atoms with Crippen LogP contribution in [0.15, 0.2) is 83.4 Å². The Morgan fingerprint density at radius 2 is 1.76 bits per heavy atom. The van der Waals surface area contributed by atoms with Crippen LogP contribution in [0.25, 0.3) is 16.7 Å². The third-order valence-corrected chi connectivity index (χ3v) is 5.77. The van der Waals surface area contributed by atoms with Crippen LogP contribution in [0.5, 0.6) is 0 Å². The summed E-state index contributed by atoms with van der Waals surface area (Å²) in [4.78, 5) is 44.4. The first-order valence-electron chi connectivity index (χ1n) is 9.87. The lowest BCUT2D eigenvalue weighted by atomic mass is 10.1. The molecule has 0 fully saturated rings. The van der Waals surface area contributed by atoms with Crippen LogP contribution in [0, 0.1) is 0 Å². The Morgan fingerprint density at radius 1 is 0.939 bits per heavy atom. The summed E-state index contributed by atoms with van der Waals surface area (Å²) in [6.45, 7) is 0. The highest BCUT2D eigenvalue weighted by Gasteiger charge is 2.15. The molecule has 0 aliphatic carbocycles. The van der Waals surface area contributed by atoms with Gasteiger partial charge in [0.15, 0.2) is 5.65 Å². The van der Waals surface area contributed by atoms with E-state index in [9.17, 15) is 14.4 Å². The molecule has 0 saturated heterocycles. The summed E-state index contributed by atoms with van der Waals surface area (Å²) in [7, 11) is 0. The van der Waals surface area contributed by atoms with Crippen molar-refractivity contribution in [3.63, 3.8) is 0 Å². The molecule has 2 amide bonds. The van der Waals surface area contributed by atoms with Gasteiger partial charge in [-0.05, 0) is 47.8 Å². The highest BCUT2D eigenvalue weighted by molar-refractivity contribution is 7.12. The topological polar surface area (TPSA) is 122 Å². The summed E-state index contributed by atoms with van der Waals surface area (Å²) >= 11 is 1.35. The predicted octanol–water partition coefficient (Wildman–Crippen LogP) is 3.67. The highest BCUT2D eigenvalue weighted by Crippen LogP contribution is 2.23. The molecule has 10 heteroatoms. The molecule has 3 aromatic heterocycles. The number of benzene rings is 2. The van der Waals surface area contributed by atoms with E-state index in [1.807, 2.05) is 11.4 Å². The third kappa shape index (κ3) is 4.02. The first-order chi connectivity index (χ1) is 16.1. The van der Waals surface area contributed by atoms with Gasteiger partial charge in [0.25, 0.3) is 17.4 Å². The van der Waals surface area contributed by atoms with Crippen molar-refractivity contribution in [2.24, 2.45) is 0 Å². The van der Waals surface area contributed by atoms with Crippen molar-refractivity contribution in [1.29, 1.82) is 0 Å². The highest BCUT2D eigenvalue weighted by atomic mass is 32.1. The molecule has 0 spiro atoms. The summed E-state index contributed by atoms with van der Waals surface area (Å²) in [6.07, 6.45) is 2.74. The summed E-state index contributed by atoms with van der Waals surface area (Å²) in [5.41, 5.74) is 2.16. The van der Waals surface area contributed by atoms with Gasteiger partial charge in [-0.15, -0.1) is 11.3 Å². The van der Waals surface area contributed by atoms with Gasteiger partial charge in [0.2, 0.25) is 0 Å². The van der Waals surface area contributed by atoms with Crippen LogP contribution in [-0.2, 0) is 0 Å². The molecule has 33 heavy (non-hydrogen) atoms. The van der Waals surface area contributed by atoms with Crippen molar-refractivity contribution >= 4 is 45.6 Å². The molecule has 5 aromatic rings. The Kier molecular flexibility index (Phi) is 5.25. The second-order valence-corrected chi connectivity index (χ2v) is 7.95. The molecule has 3 N–H and O–H groups in total. The average Bonchev–Trinajstić information content (AvgIpc) is 3.51. The van der Waals surface area contributed by atoms with E-state index >= 15 is 0 Å². The second-order valence-electron chi connectivity index (χ2n) is 7.01. The predicted molar refractivity (Wildman–Crippen MR) is 126 cm³/mol. The number of nitrogens with one attached hydrogen (secondary N) is 3. The van der Waals surface area contributed by atoms with Crippen LogP contribution < -0.4 is 16.2 Å². The molecule has 2 aromatic carbocycles. The minimum atomic E-state index is -0.333. The Balaban J connectivity index is 1.37. The number of fused-ring (bicyclic) bond motifs is 1.